The molecule has 4 aromatic carbocycles. The van der Waals surface area contributed by atoms with Crippen LogP contribution < -0.4 is 14.5 Å². The van der Waals surface area contributed by atoms with E-state index in [0.717, 1.165) is 61.2 Å². The summed E-state index contributed by atoms with van der Waals surface area (Å²) in [6, 6.07) is 36.6. The normalized spacial score (nSPS) is 13.1. The van der Waals surface area contributed by atoms with Gasteiger partial charge in [-0.15, -0.1) is 47.0 Å². The van der Waals surface area contributed by atoms with E-state index in [1.165, 1.54) is 0 Å². The number of para-hydroxylation sites is 3. The van der Waals surface area contributed by atoms with Crippen LogP contribution in [-0.2, 0) is 33.5 Å². The topological polar surface area (TPSA) is 38.5 Å². The summed E-state index contributed by atoms with van der Waals surface area (Å²) in [7, 11) is 4.13. The van der Waals surface area contributed by atoms with Gasteiger partial charge in [0.05, 0.1) is 5.52 Å². The van der Waals surface area contributed by atoms with Gasteiger partial charge in [-0.1, -0.05) is 56.6 Å². The second kappa shape index (κ2) is 10.8. The van der Waals surface area contributed by atoms with Gasteiger partial charge in [-0.3, -0.25) is 0 Å². The fraction of sp³-hybridized carbons (Fsp3) is 0.158. The molecule has 0 aliphatic carbocycles. The zero-order chi connectivity index (χ0) is 30.2. The number of ether oxygens (including phenoxy) is 1. The molecular weight excluding hydrogens is 738 g/mol. The van der Waals surface area contributed by atoms with Gasteiger partial charge >= 0.3 is 0 Å². The van der Waals surface area contributed by atoms with Crippen molar-refractivity contribution in [3.05, 3.63) is 122 Å². The van der Waals surface area contributed by atoms with Gasteiger partial charge in [0.2, 0.25) is 0 Å². The maximum absolute atomic E-state index is 6.60. The molecule has 0 N–H and O–H groups in total. The van der Waals surface area contributed by atoms with E-state index in [1.54, 1.807) is 0 Å². The number of aryl methyl sites for hydroxylation is 1. The van der Waals surface area contributed by atoms with Gasteiger partial charge in [0.25, 0.3) is 0 Å². The second-order valence-electron chi connectivity index (χ2n) is 12.5. The Morgan fingerprint density at radius 3 is 2.38 bits per heavy atom. The van der Waals surface area contributed by atoms with Crippen LogP contribution in [0, 0.1) is 18.8 Å². The van der Waals surface area contributed by atoms with Crippen molar-refractivity contribution in [3.8, 4) is 17.3 Å². The van der Waals surface area contributed by atoms with Crippen LogP contribution in [0.4, 0.5) is 17.1 Å². The number of anilines is 3. The van der Waals surface area contributed by atoms with E-state index in [1.807, 2.05) is 12.3 Å². The minimum atomic E-state index is -0.0888. The summed E-state index contributed by atoms with van der Waals surface area (Å²) in [5.41, 5.74) is 7.39. The Morgan fingerprint density at radius 1 is 0.778 bits per heavy atom. The van der Waals surface area contributed by atoms with Crippen LogP contribution in [0.2, 0.25) is 0 Å². The molecule has 4 heterocycles. The van der Waals surface area contributed by atoms with E-state index in [0.29, 0.717) is 11.5 Å². The Bertz CT molecular complexity index is 2220. The van der Waals surface area contributed by atoms with Gasteiger partial charge in [0, 0.05) is 80.3 Å². The Morgan fingerprint density at radius 2 is 1.56 bits per heavy atom. The van der Waals surface area contributed by atoms with Gasteiger partial charge in [-0.05, 0) is 42.1 Å². The van der Waals surface area contributed by atoms with Crippen molar-refractivity contribution in [1.29, 1.82) is 0 Å². The summed E-state index contributed by atoms with van der Waals surface area (Å²) in [5.74, 6) is 2.11. The third-order valence-corrected chi connectivity index (χ3v) is 8.53. The van der Waals surface area contributed by atoms with Gasteiger partial charge in [-0.2, -0.15) is 12.7 Å². The zero-order valence-corrected chi connectivity index (χ0v) is 28.0. The van der Waals surface area contributed by atoms with Crippen LogP contribution in [0.3, 0.4) is 0 Å². The Labute approximate surface area is 277 Å². The molecule has 45 heavy (non-hydrogen) atoms. The molecule has 1 aliphatic heterocycles. The minimum Gasteiger partial charge on any atom is -0.509 e. The Hall–Kier alpha value is -4.54. The molecule has 0 amide bonds. The summed E-state index contributed by atoms with van der Waals surface area (Å²) < 4.78 is 10.9. The van der Waals surface area contributed by atoms with Gasteiger partial charge in [0.1, 0.15) is 5.82 Å². The fourth-order valence-electron chi connectivity index (χ4n) is 6.17. The molecule has 6 nitrogen and oxygen atoms in total. The first-order valence-corrected chi connectivity index (χ1v) is 14.8. The van der Waals surface area contributed by atoms with Crippen LogP contribution in [0.15, 0.2) is 97.3 Å². The van der Waals surface area contributed by atoms with Gasteiger partial charge in [0.15, 0.2) is 0 Å². The van der Waals surface area contributed by atoms with Crippen LogP contribution in [0.1, 0.15) is 26.3 Å². The molecule has 0 radical (unpaired) electrons. The molecular formula is C38H32N5OPt-3. The molecule has 0 atom stereocenters. The van der Waals surface area contributed by atoms with E-state index >= 15 is 0 Å². The van der Waals surface area contributed by atoms with Crippen LogP contribution in [-0.4, -0.2) is 21.2 Å². The predicted octanol–water partition coefficient (Wildman–Crippen LogP) is 9.07. The monoisotopic (exact) mass is 769 g/mol. The molecule has 8 rings (SSSR count). The van der Waals surface area contributed by atoms with Crippen molar-refractivity contribution < 1.29 is 25.8 Å². The first kappa shape index (κ1) is 29.2. The first-order valence-electron chi connectivity index (χ1n) is 14.8. The number of pyridine rings is 1. The van der Waals surface area contributed by atoms with E-state index < -0.39 is 0 Å². The van der Waals surface area contributed by atoms with E-state index in [-0.39, 0.29) is 26.5 Å². The van der Waals surface area contributed by atoms with Gasteiger partial charge < -0.3 is 23.7 Å². The maximum Gasteiger partial charge on any atom is 0.137 e. The largest absolute Gasteiger partial charge is 0.509 e. The molecule has 0 saturated heterocycles. The number of nitrogens with zero attached hydrogens (tertiary/aromatic N) is 5. The minimum absolute atomic E-state index is 0. The van der Waals surface area contributed by atoms with Crippen molar-refractivity contribution in [2.75, 3.05) is 16.8 Å². The van der Waals surface area contributed by atoms with Crippen molar-refractivity contribution in [3.63, 3.8) is 0 Å². The molecule has 3 aromatic heterocycles. The molecule has 0 unspecified atom stereocenters. The molecule has 0 spiro atoms. The van der Waals surface area contributed by atoms with Crippen LogP contribution in [0.5, 0.6) is 11.5 Å². The summed E-state index contributed by atoms with van der Waals surface area (Å²) in [5, 5.41) is 3.36. The fourth-order valence-corrected chi connectivity index (χ4v) is 6.17. The zero-order valence-electron chi connectivity index (χ0n) is 25.8. The van der Waals surface area contributed by atoms with E-state index in [9.17, 15) is 0 Å². The van der Waals surface area contributed by atoms with Crippen LogP contribution >= 0.6 is 0 Å². The van der Waals surface area contributed by atoms with Crippen LogP contribution in [0.25, 0.3) is 38.5 Å². The Kier molecular flexibility index (Phi) is 7.01. The molecule has 0 fully saturated rings. The number of fused-ring (bicyclic) bond motifs is 5. The SMILES string of the molecule is CN1[CH-]N(c2[c-]c(Oc3[c-]c4c(cc3)c3ccccc3n4-c3cc4c(ccn4C)cn3)cc(C(C)(C)C)c2)c2ccccc21.[Pt]. The third kappa shape index (κ3) is 4.89. The number of benzene rings is 4. The van der Waals surface area contributed by atoms with E-state index in [2.05, 4.69) is 158 Å². The smallest absolute Gasteiger partial charge is 0.137 e. The standard InChI is InChI=1S/C38H32N5O.Pt/c1-38(2,3)26-18-27(42-24-41(5)33-12-8-9-13-34(33)42)20-29(19-26)44-28-14-15-31-30-10-6-7-11-32(30)43(36(31)21-28)37-22-35-25(23-39-37)16-17-40(35)4;/h6-19,22-24H,1-5H3;/q-3;. The summed E-state index contributed by atoms with van der Waals surface area (Å²) in [6.07, 6.45) is 4.00. The third-order valence-electron chi connectivity index (χ3n) is 8.53. The maximum atomic E-state index is 6.60. The van der Waals surface area contributed by atoms with Crippen molar-refractivity contribution in [1.82, 2.24) is 14.1 Å². The molecule has 1 aliphatic rings. The van der Waals surface area contributed by atoms with Gasteiger partial charge in [-0.25, -0.2) is 4.98 Å². The number of aromatic nitrogens is 3. The predicted molar refractivity (Wildman–Crippen MR) is 179 cm³/mol. The molecule has 7 aromatic rings. The molecule has 7 heteroatoms. The average molecular weight is 770 g/mol. The van der Waals surface area contributed by atoms with Crippen molar-refractivity contribution >= 4 is 49.8 Å². The molecule has 228 valence electrons. The average Bonchev–Trinajstić information content (AvgIpc) is 3.67. The summed E-state index contributed by atoms with van der Waals surface area (Å²) in [6.45, 7) is 8.75. The summed E-state index contributed by atoms with van der Waals surface area (Å²) in [4.78, 5) is 9.17. The van der Waals surface area contributed by atoms with Crippen molar-refractivity contribution in [2.45, 2.75) is 26.2 Å². The van der Waals surface area contributed by atoms with E-state index in [4.69, 9.17) is 9.72 Å². The summed E-state index contributed by atoms with van der Waals surface area (Å²) >= 11 is 0. The molecule has 0 saturated carbocycles. The number of rotatable bonds is 4. The first-order chi connectivity index (χ1) is 21.2. The number of hydrogen-bond donors (Lipinski definition) is 0. The molecule has 0 bridgehead atoms. The van der Waals surface area contributed by atoms with Crippen molar-refractivity contribution in [2.24, 2.45) is 7.05 Å². The Balaban J connectivity index is 0.00000325. The quantitative estimate of drug-likeness (QED) is 0.168. The number of hydrogen-bond acceptors (Lipinski definition) is 4. The second-order valence-corrected chi connectivity index (χ2v) is 12.5.